The van der Waals surface area contributed by atoms with Gasteiger partial charge in [0.05, 0.1) is 18.1 Å². The molecule has 1 aromatic heterocycles. The van der Waals surface area contributed by atoms with E-state index in [1.165, 1.54) is 6.26 Å². The Morgan fingerprint density at radius 3 is 2.55 bits per heavy atom. The van der Waals surface area contributed by atoms with Crippen molar-refractivity contribution in [2.45, 2.75) is 39.7 Å². The second-order valence-electron chi connectivity index (χ2n) is 4.91. The molecule has 8 heteroatoms. The Morgan fingerprint density at radius 2 is 2.05 bits per heavy atom. The number of esters is 1. The van der Waals surface area contributed by atoms with Crippen LogP contribution in [-0.2, 0) is 21.1 Å². The zero-order valence-corrected chi connectivity index (χ0v) is 13.1. The first-order valence-corrected chi connectivity index (χ1v) is 8.60. The van der Waals surface area contributed by atoms with E-state index < -0.39 is 15.8 Å². The molecular weight excluding hydrogens is 282 g/mol. The minimum absolute atomic E-state index is 0.0441. The number of aromatic nitrogens is 3. The Kier molecular flexibility index (Phi) is 5.67. The van der Waals surface area contributed by atoms with Gasteiger partial charge in [-0.05, 0) is 19.3 Å². The summed E-state index contributed by atoms with van der Waals surface area (Å²) in [7, 11) is -3.00. The number of carbonyl (C=O) groups is 1. The van der Waals surface area contributed by atoms with Gasteiger partial charge < -0.3 is 4.74 Å². The molecule has 0 aliphatic carbocycles. The summed E-state index contributed by atoms with van der Waals surface area (Å²) < 4.78 is 28.8. The van der Waals surface area contributed by atoms with Gasteiger partial charge in [-0.1, -0.05) is 19.1 Å². The average molecular weight is 303 g/mol. The maximum Gasteiger partial charge on any atom is 0.360 e. The molecule has 114 valence electrons. The summed E-state index contributed by atoms with van der Waals surface area (Å²) in [6, 6.07) is 0. The van der Waals surface area contributed by atoms with E-state index in [-0.39, 0.29) is 24.0 Å². The van der Waals surface area contributed by atoms with Crippen molar-refractivity contribution in [2.24, 2.45) is 0 Å². The van der Waals surface area contributed by atoms with Crippen molar-refractivity contribution >= 4 is 15.8 Å². The molecule has 0 unspecified atom stereocenters. The average Bonchev–Trinajstić information content (AvgIpc) is 2.71. The predicted molar refractivity (Wildman–Crippen MR) is 74.4 cm³/mol. The van der Waals surface area contributed by atoms with Gasteiger partial charge in [-0.3, -0.25) is 0 Å². The van der Waals surface area contributed by atoms with Crippen LogP contribution in [0, 0.1) is 0 Å². The van der Waals surface area contributed by atoms with E-state index in [0.717, 1.165) is 0 Å². The summed E-state index contributed by atoms with van der Waals surface area (Å²) in [4.78, 5) is 11.8. The van der Waals surface area contributed by atoms with Crippen molar-refractivity contribution in [3.8, 4) is 0 Å². The number of sulfone groups is 1. The van der Waals surface area contributed by atoms with Crippen molar-refractivity contribution in [2.75, 3.05) is 18.6 Å². The molecule has 0 amide bonds. The number of nitrogens with zero attached hydrogens (tertiary/aromatic N) is 3. The van der Waals surface area contributed by atoms with E-state index in [1.54, 1.807) is 11.6 Å². The number of hydrogen-bond donors (Lipinski definition) is 0. The summed E-state index contributed by atoms with van der Waals surface area (Å²) in [5.41, 5.74) is 0.887. The fourth-order valence-corrected chi connectivity index (χ4v) is 2.53. The number of ether oxygens (including phenoxy) is 1. The molecule has 0 aliphatic rings. The Balaban J connectivity index is 2.89. The number of hydrogen-bond acceptors (Lipinski definition) is 6. The lowest BCUT2D eigenvalue weighted by molar-refractivity contribution is 0.0517. The highest BCUT2D eigenvalue weighted by molar-refractivity contribution is 7.90. The van der Waals surface area contributed by atoms with Crippen LogP contribution in [-0.4, -0.2) is 48.0 Å². The quantitative estimate of drug-likeness (QED) is 0.698. The zero-order valence-electron chi connectivity index (χ0n) is 12.3. The lowest BCUT2D eigenvalue weighted by Gasteiger charge is -2.10. The van der Waals surface area contributed by atoms with Crippen LogP contribution >= 0.6 is 0 Å². The van der Waals surface area contributed by atoms with Crippen LogP contribution in [0.15, 0.2) is 0 Å². The Morgan fingerprint density at radius 1 is 1.40 bits per heavy atom. The van der Waals surface area contributed by atoms with Gasteiger partial charge >= 0.3 is 5.97 Å². The molecule has 1 rings (SSSR count). The summed E-state index contributed by atoms with van der Waals surface area (Å²) in [5, 5.41) is 7.79. The minimum Gasteiger partial charge on any atom is -0.461 e. The van der Waals surface area contributed by atoms with Gasteiger partial charge in [0.1, 0.15) is 9.84 Å². The fourth-order valence-electron chi connectivity index (χ4n) is 1.88. The molecule has 0 aromatic carbocycles. The monoisotopic (exact) mass is 303 g/mol. The van der Waals surface area contributed by atoms with Crippen LogP contribution in [0.25, 0.3) is 0 Å². The van der Waals surface area contributed by atoms with Crippen molar-refractivity contribution in [1.82, 2.24) is 15.0 Å². The van der Waals surface area contributed by atoms with E-state index in [4.69, 9.17) is 4.74 Å². The summed E-state index contributed by atoms with van der Waals surface area (Å²) in [5.74, 6) is -0.368. The molecule has 1 aromatic rings. The zero-order chi connectivity index (χ0) is 15.3. The first-order chi connectivity index (χ1) is 9.26. The molecular formula is C12H21N3O4S. The lowest BCUT2D eigenvalue weighted by Crippen LogP contribution is -2.14. The fraction of sp³-hybridized carbons (Fsp3) is 0.750. The van der Waals surface area contributed by atoms with Crippen LogP contribution in [0.5, 0.6) is 0 Å². The van der Waals surface area contributed by atoms with Gasteiger partial charge in [0.25, 0.3) is 0 Å². The first-order valence-electron chi connectivity index (χ1n) is 6.54. The number of aryl methyl sites for hydroxylation is 1. The Hall–Kier alpha value is -1.44. The molecule has 0 saturated heterocycles. The molecule has 0 aliphatic heterocycles. The van der Waals surface area contributed by atoms with Crippen molar-refractivity contribution in [1.29, 1.82) is 0 Å². The lowest BCUT2D eigenvalue weighted by atomic mass is 10.1. The molecule has 7 nitrogen and oxygen atoms in total. The van der Waals surface area contributed by atoms with Crippen LogP contribution in [0.1, 0.15) is 49.3 Å². The normalized spacial score (nSPS) is 11.8. The van der Waals surface area contributed by atoms with Gasteiger partial charge in [-0.2, -0.15) is 0 Å². The van der Waals surface area contributed by atoms with Crippen LogP contribution in [0.2, 0.25) is 0 Å². The molecule has 0 radical (unpaired) electrons. The maximum absolute atomic E-state index is 11.8. The van der Waals surface area contributed by atoms with Gasteiger partial charge in [0.15, 0.2) is 5.69 Å². The largest absolute Gasteiger partial charge is 0.461 e. The topological polar surface area (TPSA) is 91.2 Å². The molecule has 0 spiro atoms. The van der Waals surface area contributed by atoms with Gasteiger partial charge in [0.2, 0.25) is 0 Å². The molecule has 1 heterocycles. The van der Waals surface area contributed by atoms with E-state index in [1.807, 2.05) is 13.8 Å². The smallest absolute Gasteiger partial charge is 0.360 e. The van der Waals surface area contributed by atoms with E-state index in [9.17, 15) is 13.2 Å². The van der Waals surface area contributed by atoms with Gasteiger partial charge in [-0.15, -0.1) is 5.10 Å². The molecule has 0 saturated carbocycles. The standard InChI is InChI=1S/C12H21N3O4S/c1-5-19-12(16)10-11(9(2)3)15(14-13-10)7-6-8-20(4,17)18/h9H,5-8H2,1-4H3. The Labute approximate surface area is 119 Å². The van der Waals surface area contributed by atoms with Crippen LogP contribution in [0.4, 0.5) is 0 Å². The molecule has 0 atom stereocenters. The minimum atomic E-state index is -3.00. The van der Waals surface area contributed by atoms with Crippen LogP contribution < -0.4 is 0 Å². The molecule has 20 heavy (non-hydrogen) atoms. The van der Waals surface area contributed by atoms with E-state index >= 15 is 0 Å². The van der Waals surface area contributed by atoms with Crippen molar-refractivity contribution < 1.29 is 17.9 Å². The van der Waals surface area contributed by atoms with E-state index in [2.05, 4.69) is 10.3 Å². The second kappa shape index (κ2) is 6.83. The maximum atomic E-state index is 11.8. The SMILES string of the molecule is CCOC(=O)c1nnn(CCCS(C)(=O)=O)c1C(C)C. The van der Waals surface area contributed by atoms with Crippen molar-refractivity contribution in [3.63, 3.8) is 0 Å². The Bertz CT molecular complexity index is 563. The van der Waals surface area contributed by atoms with Crippen LogP contribution in [0.3, 0.4) is 0 Å². The number of rotatable bonds is 7. The van der Waals surface area contributed by atoms with Gasteiger partial charge in [0, 0.05) is 12.8 Å². The first kappa shape index (κ1) is 16.6. The predicted octanol–water partition coefficient (Wildman–Crippen LogP) is 1.01. The molecule has 0 fully saturated rings. The molecule has 0 bridgehead atoms. The summed E-state index contributed by atoms with van der Waals surface area (Å²) >= 11 is 0. The third kappa shape index (κ3) is 4.59. The molecule has 0 N–H and O–H groups in total. The highest BCUT2D eigenvalue weighted by Crippen LogP contribution is 2.18. The van der Waals surface area contributed by atoms with E-state index in [0.29, 0.717) is 18.7 Å². The third-order valence-corrected chi connectivity index (χ3v) is 3.70. The summed E-state index contributed by atoms with van der Waals surface area (Å²) in [6.45, 7) is 6.26. The van der Waals surface area contributed by atoms with Gasteiger partial charge in [-0.25, -0.2) is 17.9 Å². The number of carbonyl (C=O) groups excluding carboxylic acids is 1. The highest BCUT2D eigenvalue weighted by atomic mass is 32.2. The highest BCUT2D eigenvalue weighted by Gasteiger charge is 2.22. The third-order valence-electron chi connectivity index (χ3n) is 2.67. The summed E-state index contributed by atoms with van der Waals surface area (Å²) in [6.07, 6.45) is 1.63. The second-order valence-corrected chi connectivity index (χ2v) is 7.16. The van der Waals surface area contributed by atoms with Crippen molar-refractivity contribution in [3.05, 3.63) is 11.4 Å².